The van der Waals surface area contributed by atoms with E-state index in [1.165, 1.54) is 10.4 Å². The zero-order valence-electron chi connectivity index (χ0n) is 12.2. The number of benzene rings is 1. The SMILES string of the molecule is CCNCc1cc(F)c(F)c(S(=O)(=O)N(CC)C2CC2)c1. The Hall–Kier alpha value is -1.05. The normalized spacial score (nSPS) is 15.7. The van der Waals surface area contributed by atoms with Crippen molar-refractivity contribution in [1.29, 1.82) is 0 Å². The number of rotatable bonds is 7. The van der Waals surface area contributed by atoms with E-state index < -0.39 is 26.6 Å². The van der Waals surface area contributed by atoms with Crippen LogP contribution in [0.1, 0.15) is 32.3 Å². The molecule has 1 N–H and O–H groups in total. The largest absolute Gasteiger partial charge is 0.313 e. The van der Waals surface area contributed by atoms with E-state index >= 15 is 0 Å². The monoisotopic (exact) mass is 318 g/mol. The Morgan fingerprint density at radius 1 is 1.29 bits per heavy atom. The van der Waals surface area contributed by atoms with Gasteiger partial charge in [0.25, 0.3) is 0 Å². The highest BCUT2D eigenvalue weighted by molar-refractivity contribution is 7.89. The standard InChI is InChI=1S/C14H20F2N2O2S/c1-3-17-9-10-7-12(15)14(16)13(8-10)21(19,20)18(4-2)11-5-6-11/h7-8,11,17H,3-6,9H2,1-2H3. The van der Waals surface area contributed by atoms with Gasteiger partial charge in [-0.3, -0.25) is 0 Å². The van der Waals surface area contributed by atoms with Crippen LogP contribution in [0.3, 0.4) is 0 Å². The molecule has 0 aromatic heterocycles. The summed E-state index contributed by atoms with van der Waals surface area (Å²) >= 11 is 0. The molecule has 0 radical (unpaired) electrons. The average Bonchev–Trinajstić information content (AvgIpc) is 3.24. The van der Waals surface area contributed by atoms with Gasteiger partial charge in [0.15, 0.2) is 11.6 Å². The summed E-state index contributed by atoms with van der Waals surface area (Å²) in [6, 6.07) is 2.17. The number of sulfonamides is 1. The molecule has 2 rings (SSSR count). The number of hydrogen-bond donors (Lipinski definition) is 1. The van der Waals surface area contributed by atoms with Crippen molar-refractivity contribution >= 4 is 10.0 Å². The molecule has 1 saturated carbocycles. The first-order valence-corrected chi connectivity index (χ1v) is 8.56. The molecule has 1 aliphatic carbocycles. The van der Waals surface area contributed by atoms with Gasteiger partial charge in [-0.05, 0) is 37.1 Å². The highest BCUT2D eigenvalue weighted by Crippen LogP contribution is 2.33. The van der Waals surface area contributed by atoms with Crippen molar-refractivity contribution in [3.8, 4) is 0 Å². The van der Waals surface area contributed by atoms with E-state index in [0.717, 1.165) is 18.9 Å². The van der Waals surface area contributed by atoms with E-state index in [4.69, 9.17) is 0 Å². The van der Waals surface area contributed by atoms with Crippen LogP contribution in [0.5, 0.6) is 0 Å². The number of hydrogen-bond acceptors (Lipinski definition) is 3. The summed E-state index contributed by atoms with van der Waals surface area (Å²) in [5.41, 5.74) is 0.418. The van der Waals surface area contributed by atoms with Gasteiger partial charge in [0.1, 0.15) is 4.90 Å². The molecule has 1 aliphatic rings. The number of nitrogens with zero attached hydrogens (tertiary/aromatic N) is 1. The highest BCUT2D eigenvalue weighted by Gasteiger charge is 2.38. The fourth-order valence-corrected chi connectivity index (χ4v) is 4.11. The van der Waals surface area contributed by atoms with Gasteiger partial charge in [-0.1, -0.05) is 13.8 Å². The van der Waals surface area contributed by atoms with Gasteiger partial charge in [0, 0.05) is 19.1 Å². The summed E-state index contributed by atoms with van der Waals surface area (Å²) in [4.78, 5) is -0.566. The Labute approximate surface area is 124 Å². The second kappa shape index (κ2) is 6.37. The summed E-state index contributed by atoms with van der Waals surface area (Å²) in [7, 11) is -4.00. The van der Waals surface area contributed by atoms with E-state index in [1.807, 2.05) is 6.92 Å². The first-order chi connectivity index (χ1) is 9.91. The lowest BCUT2D eigenvalue weighted by molar-refractivity contribution is 0.411. The molecule has 0 spiro atoms. The van der Waals surface area contributed by atoms with Crippen molar-refractivity contribution in [2.75, 3.05) is 13.1 Å². The summed E-state index contributed by atoms with van der Waals surface area (Å²) in [6.45, 7) is 4.79. The molecule has 0 unspecified atom stereocenters. The molecule has 0 heterocycles. The molecule has 7 heteroatoms. The van der Waals surface area contributed by atoms with Gasteiger partial charge >= 0.3 is 0 Å². The fraction of sp³-hybridized carbons (Fsp3) is 0.571. The van der Waals surface area contributed by atoms with Crippen LogP contribution in [0.4, 0.5) is 8.78 Å². The van der Waals surface area contributed by atoms with Crippen LogP contribution in [0.2, 0.25) is 0 Å². The second-order valence-electron chi connectivity index (χ2n) is 5.11. The van der Waals surface area contributed by atoms with Gasteiger partial charge < -0.3 is 5.32 Å². The second-order valence-corrected chi connectivity index (χ2v) is 6.97. The first kappa shape index (κ1) is 16.3. The highest BCUT2D eigenvalue weighted by atomic mass is 32.2. The van der Waals surface area contributed by atoms with Crippen molar-refractivity contribution in [3.05, 3.63) is 29.3 Å². The minimum absolute atomic E-state index is 0.0834. The zero-order chi connectivity index (χ0) is 15.6. The maximum absolute atomic E-state index is 14.0. The van der Waals surface area contributed by atoms with Crippen LogP contribution in [-0.2, 0) is 16.6 Å². The van der Waals surface area contributed by atoms with E-state index in [0.29, 0.717) is 18.7 Å². The molecule has 21 heavy (non-hydrogen) atoms. The molecule has 0 atom stereocenters. The summed E-state index contributed by atoms with van der Waals surface area (Å²) in [5.74, 6) is -2.43. The van der Waals surface area contributed by atoms with Crippen molar-refractivity contribution in [2.45, 2.75) is 44.2 Å². The molecule has 0 amide bonds. The quantitative estimate of drug-likeness (QED) is 0.839. The van der Waals surface area contributed by atoms with Crippen LogP contribution in [0.15, 0.2) is 17.0 Å². The molecular weight excluding hydrogens is 298 g/mol. The van der Waals surface area contributed by atoms with Crippen molar-refractivity contribution < 1.29 is 17.2 Å². The molecular formula is C14H20F2N2O2S. The zero-order valence-corrected chi connectivity index (χ0v) is 13.0. The third-order valence-corrected chi connectivity index (χ3v) is 5.51. The minimum atomic E-state index is -4.00. The molecule has 4 nitrogen and oxygen atoms in total. The van der Waals surface area contributed by atoms with Crippen molar-refractivity contribution in [2.24, 2.45) is 0 Å². The lowest BCUT2D eigenvalue weighted by Crippen LogP contribution is -2.33. The van der Waals surface area contributed by atoms with E-state index in [-0.39, 0.29) is 12.6 Å². The Balaban J connectivity index is 2.43. The van der Waals surface area contributed by atoms with Gasteiger partial charge in [-0.2, -0.15) is 4.31 Å². The predicted octanol–water partition coefficient (Wildman–Crippen LogP) is 2.25. The summed E-state index contributed by atoms with van der Waals surface area (Å²) < 4.78 is 54.0. The van der Waals surface area contributed by atoms with Crippen LogP contribution < -0.4 is 5.32 Å². The predicted molar refractivity (Wildman–Crippen MR) is 76.3 cm³/mol. The Morgan fingerprint density at radius 2 is 1.95 bits per heavy atom. The Morgan fingerprint density at radius 3 is 2.48 bits per heavy atom. The first-order valence-electron chi connectivity index (χ1n) is 7.12. The van der Waals surface area contributed by atoms with Crippen molar-refractivity contribution in [1.82, 2.24) is 9.62 Å². The lowest BCUT2D eigenvalue weighted by atomic mass is 10.2. The average molecular weight is 318 g/mol. The summed E-state index contributed by atoms with van der Waals surface area (Å²) in [5, 5.41) is 2.97. The lowest BCUT2D eigenvalue weighted by Gasteiger charge is -2.21. The third kappa shape index (κ3) is 3.41. The van der Waals surface area contributed by atoms with Crippen LogP contribution >= 0.6 is 0 Å². The number of halogens is 2. The van der Waals surface area contributed by atoms with E-state index in [1.54, 1.807) is 6.92 Å². The van der Waals surface area contributed by atoms with Gasteiger partial charge in [0.2, 0.25) is 10.0 Å². The summed E-state index contributed by atoms with van der Waals surface area (Å²) in [6.07, 6.45) is 1.54. The van der Waals surface area contributed by atoms with Crippen molar-refractivity contribution in [3.63, 3.8) is 0 Å². The minimum Gasteiger partial charge on any atom is -0.313 e. The van der Waals surface area contributed by atoms with E-state index in [2.05, 4.69) is 5.32 Å². The molecule has 0 bridgehead atoms. The molecule has 1 aromatic carbocycles. The van der Waals surface area contributed by atoms with Gasteiger partial charge in [-0.25, -0.2) is 17.2 Å². The number of nitrogens with one attached hydrogen (secondary N) is 1. The molecule has 0 aliphatic heterocycles. The maximum atomic E-state index is 14.0. The van der Waals surface area contributed by atoms with Crippen LogP contribution in [-0.4, -0.2) is 31.9 Å². The molecule has 118 valence electrons. The Bertz CT molecular complexity index is 616. The maximum Gasteiger partial charge on any atom is 0.246 e. The van der Waals surface area contributed by atoms with Gasteiger partial charge in [0.05, 0.1) is 0 Å². The molecule has 1 fully saturated rings. The van der Waals surface area contributed by atoms with E-state index in [9.17, 15) is 17.2 Å². The third-order valence-electron chi connectivity index (χ3n) is 3.49. The molecule has 1 aromatic rings. The Kier molecular flexibility index (Phi) is 4.95. The topological polar surface area (TPSA) is 49.4 Å². The molecule has 0 saturated heterocycles. The fourth-order valence-electron chi connectivity index (χ4n) is 2.29. The smallest absolute Gasteiger partial charge is 0.246 e. The van der Waals surface area contributed by atoms with Gasteiger partial charge in [-0.15, -0.1) is 0 Å². The van der Waals surface area contributed by atoms with Crippen LogP contribution in [0, 0.1) is 11.6 Å². The van der Waals surface area contributed by atoms with Crippen LogP contribution in [0.25, 0.3) is 0 Å².